The molecule has 3 heteroatoms. The third kappa shape index (κ3) is 5.36. The van der Waals surface area contributed by atoms with Crippen LogP contribution in [0.15, 0.2) is 0 Å². The average molecular weight is 242 g/mol. The van der Waals surface area contributed by atoms with E-state index < -0.39 is 0 Å². The van der Waals surface area contributed by atoms with Gasteiger partial charge >= 0.3 is 0 Å². The van der Waals surface area contributed by atoms with E-state index in [9.17, 15) is 0 Å². The molecule has 0 saturated heterocycles. The minimum Gasteiger partial charge on any atom is -0.374 e. The molecule has 17 heavy (non-hydrogen) atoms. The molecule has 1 saturated carbocycles. The highest BCUT2D eigenvalue weighted by Crippen LogP contribution is 2.33. The number of nitrogens with one attached hydrogen (secondary N) is 1. The second-order valence-electron chi connectivity index (χ2n) is 6.40. The first kappa shape index (κ1) is 14.9. The summed E-state index contributed by atoms with van der Waals surface area (Å²) in [6.07, 6.45) is 6.63. The van der Waals surface area contributed by atoms with Gasteiger partial charge in [-0.3, -0.25) is 11.3 Å². The van der Waals surface area contributed by atoms with Crippen LogP contribution in [0.25, 0.3) is 0 Å². The van der Waals surface area contributed by atoms with Crippen molar-refractivity contribution in [1.82, 2.24) is 5.43 Å². The predicted molar refractivity (Wildman–Crippen MR) is 72.6 cm³/mol. The van der Waals surface area contributed by atoms with Gasteiger partial charge in [-0.2, -0.15) is 0 Å². The highest BCUT2D eigenvalue weighted by atomic mass is 16.5. The van der Waals surface area contributed by atoms with Crippen molar-refractivity contribution in [2.75, 3.05) is 6.61 Å². The third-order valence-corrected chi connectivity index (χ3v) is 3.88. The molecule has 3 unspecified atom stereocenters. The molecule has 0 bridgehead atoms. The molecule has 102 valence electrons. The second-order valence-corrected chi connectivity index (χ2v) is 6.40. The maximum Gasteiger partial charge on any atom is 0.0642 e. The van der Waals surface area contributed by atoms with E-state index in [1.807, 2.05) is 0 Å². The van der Waals surface area contributed by atoms with E-state index in [1.54, 1.807) is 0 Å². The molecule has 1 aliphatic rings. The third-order valence-electron chi connectivity index (χ3n) is 3.88. The summed E-state index contributed by atoms with van der Waals surface area (Å²) in [7, 11) is 0. The van der Waals surface area contributed by atoms with Crippen molar-refractivity contribution in [1.29, 1.82) is 0 Å². The minimum absolute atomic E-state index is 0.0755. The Balaban J connectivity index is 2.43. The molecule has 1 rings (SSSR count). The van der Waals surface area contributed by atoms with Crippen LogP contribution < -0.4 is 11.3 Å². The molecule has 1 aliphatic carbocycles. The molecule has 0 radical (unpaired) electrons. The normalized spacial score (nSPS) is 28.1. The smallest absolute Gasteiger partial charge is 0.0642 e. The lowest BCUT2D eigenvalue weighted by Crippen LogP contribution is -2.46. The summed E-state index contributed by atoms with van der Waals surface area (Å²) >= 11 is 0. The minimum atomic E-state index is -0.0755. The molecule has 3 nitrogen and oxygen atoms in total. The zero-order valence-electron chi connectivity index (χ0n) is 12.0. The Labute approximate surface area is 106 Å². The fourth-order valence-electron chi connectivity index (χ4n) is 2.73. The van der Waals surface area contributed by atoms with Crippen LogP contribution in [0.1, 0.15) is 59.8 Å². The first-order valence-corrected chi connectivity index (χ1v) is 7.06. The van der Waals surface area contributed by atoms with Crippen LogP contribution in [0.3, 0.4) is 0 Å². The topological polar surface area (TPSA) is 47.3 Å². The van der Waals surface area contributed by atoms with E-state index in [4.69, 9.17) is 10.6 Å². The van der Waals surface area contributed by atoms with E-state index in [-0.39, 0.29) is 5.60 Å². The SMILES string of the molecule is CCC1CCCC(C(COC(C)(C)C)NN)C1. The highest BCUT2D eigenvalue weighted by molar-refractivity contribution is 4.81. The molecule has 0 aromatic carbocycles. The number of hydrogen-bond acceptors (Lipinski definition) is 3. The van der Waals surface area contributed by atoms with Gasteiger partial charge in [0, 0.05) is 6.04 Å². The molecular formula is C14H30N2O. The van der Waals surface area contributed by atoms with Crippen LogP contribution in [0.2, 0.25) is 0 Å². The maximum absolute atomic E-state index is 5.86. The quantitative estimate of drug-likeness (QED) is 0.575. The summed E-state index contributed by atoms with van der Waals surface area (Å²) < 4.78 is 5.86. The molecule has 0 aliphatic heterocycles. The Morgan fingerprint density at radius 2 is 2.06 bits per heavy atom. The van der Waals surface area contributed by atoms with Gasteiger partial charge < -0.3 is 4.74 Å². The fourth-order valence-corrected chi connectivity index (χ4v) is 2.73. The van der Waals surface area contributed by atoms with Gasteiger partial charge in [0.2, 0.25) is 0 Å². The molecular weight excluding hydrogens is 212 g/mol. The lowest BCUT2D eigenvalue weighted by molar-refractivity contribution is -0.0264. The van der Waals surface area contributed by atoms with Crippen LogP contribution >= 0.6 is 0 Å². The summed E-state index contributed by atoms with van der Waals surface area (Å²) in [5.41, 5.74) is 2.89. The molecule has 3 N–H and O–H groups in total. The molecule has 3 atom stereocenters. The van der Waals surface area contributed by atoms with Crippen LogP contribution in [0, 0.1) is 11.8 Å². The van der Waals surface area contributed by atoms with E-state index in [1.165, 1.54) is 32.1 Å². The lowest BCUT2D eigenvalue weighted by Gasteiger charge is -2.35. The number of ether oxygens (including phenoxy) is 1. The molecule has 0 amide bonds. The molecule has 0 aromatic heterocycles. The lowest BCUT2D eigenvalue weighted by atomic mass is 9.77. The van der Waals surface area contributed by atoms with E-state index in [0.717, 1.165) is 12.5 Å². The van der Waals surface area contributed by atoms with Gasteiger partial charge in [0.25, 0.3) is 0 Å². The van der Waals surface area contributed by atoms with Crippen LogP contribution in [0.4, 0.5) is 0 Å². The molecule has 0 aromatic rings. The van der Waals surface area contributed by atoms with Crippen molar-refractivity contribution in [3.05, 3.63) is 0 Å². The Morgan fingerprint density at radius 1 is 1.35 bits per heavy atom. The molecule has 0 spiro atoms. The molecule has 0 heterocycles. The Bertz CT molecular complexity index is 213. The fraction of sp³-hybridized carbons (Fsp3) is 1.00. The van der Waals surface area contributed by atoms with Crippen LogP contribution in [-0.4, -0.2) is 18.2 Å². The van der Waals surface area contributed by atoms with Gasteiger partial charge in [-0.15, -0.1) is 0 Å². The van der Waals surface area contributed by atoms with Gasteiger partial charge in [-0.25, -0.2) is 0 Å². The zero-order chi connectivity index (χ0) is 12.9. The van der Waals surface area contributed by atoms with Gasteiger partial charge in [-0.1, -0.05) is 26.2 Å². The van der Waals surface area contributed by atoms with Crippen molar-refractivity contribution in [2.24, 2.45) is 17.7 Å². The number of hydrazine groups is 1. The van der Waals surface area contributed by atoms with Crippen LogP contribution in [-0.2, 0) is 4.74 Å². The number of rotatable bonds is 5. The van der Waals surface area contributed by atoms with Crippen molar-refractivity contribution < 1.29 is 4.74 Å². The first-order chi connectivity index (χ1) is 7.96. The van der Waals surface area contributed by atoms with Crippen molar-refractivity contribution >= 4 is 0 Å². The van der Waals surface area contributed by atoms with E-state index in [2.05, 4.69) is 33.1 Å². The summed E-state index contributed by atoms with van der Waals surface area (Å²) in [5, 5.41) is 0. The zero-order valence-corrected chi connectivity index (χ0v) is 12.0. The van der Waals surface area contributed by atoms with Gasteiger partial charge in [0.1, 0.15) is 0 Å². The van der Waals surface area contributed by atoms with Crippen molar-refractivity contribution in [2.45, 2.75) is 71.4 Å². The van der Waals surface area contributed by atoms with Crippen molar-refractivity contribution in [3.63, 3.8) is 0 Å². The maximum atomic E-state index is 5.86. The second kappa shape index (κ2) is 6.72. The van der Waals surface area contributed by atoms with E-state index in [0.29, 0.717) is 12.0 Å². The summed E-state index contributed by atoms with van der Waals surface area (Å²) in [5.74, 6) is 7.26. The van der Waals surface area contributed by atoms with Crippen molar-refractivity contribution in [3.8, 4) is 0 Å². The van der Waals surface area contributed by atoms with Crippen LogP contribution in [0.5, 0.6) is 0 Å². The predicted octanol–water partition coefficient (Wildman–Crippen LogP) is 2.85. The Kier molecular flexibility index (Phi) is 5.90. The Morgan fingerprint density at radius 3 is 2.59 bits per heavy atom. The standard InChI is InChI=1S/C14H30N2O/c1-5-11-7-6-8-12(9-11)13(16-15)10-17-14(2,3)4/h11-13,16H,5-10,15H2,1-4H3. The molecule has 1 fully saturated rings. The Hall–Kier alpha value is -0.120. The first-order valence-electron chi connectivity index (χ1n) is 7.06. The van der Waals surface area contributed by atoms with Gasteiger partial charge in [0.15, 0.2) is 0 Å². The van der Waals surface area contributed by atoms with E-state index >= 15 is 0 Å². The average Bonchev–Trinajstić information content (AvgIpc) is 2.29. The largest absolute Gasteiger partial charge is 0.374 e. The van der Waals surface area contributed by atoms with Gasteiger partial charge in [0.05, 0.1) is 12.2 Å². The summed E-state index contributed by atoms with van der Waals surface area (Å²) in [4.78, 5) is 0. The summed E-state index contributed by atoms with van der Waals surface area (Å²) in [6, 6.07) is 0.309. The highest BCUT2D eigenvalue weighted by Gasteiger charge is 2.28. The summed E-state index contributed by atoms with van der Waals surface area (Å²) in [6.45, 7) is 9.30. The monoisotopic (exact) mass is 242 g/mol. The number of hydrogen-bond donors (Lipinski definition) is 2. The van der Waals surface area contributed by atoms with Gasteiger partial charge in [-0.05, 0) is 45.4 Å². The number of nitrogens with two attached hydrogens (primary N) is 1.